The molecule has 0 aliphatic heterocycles. The number of ether oxygens (including phenoxy) is 2. The number of hydrogen-bond acceptors (Lipinski definition) is 3. The number of alkyl halides is 3. The Kier molecular flexibility index (Phi) is 6.91. The zero-order valence-corrected chi connectivity index (χ0v) is 12.0. The average molecular weight is 309 g/mol. The van der Waals surface area contributed by atoms with E-state index < -0.39 is 18.8 Å². The van der Waals surface area contributed by atoms with Crippen LogP contribution in [0.1, 0.15) is 31.9 Å². The Morgan fingerprint density at radius 2 is 1.95 bits per heavy atom. The van der Waals surface area contributed by atoms with Gasteiger partial charge in [-0.2, -0.15) is 0 Å². The summed E-state index contributed by atoms with van der Waals surface area (Å²) in [5.74, 6) is -0.697. The van der Waals surface area contributed by atoms with Crippen LogP contribution in [0.5, 0.6) is 5.75 Å². The highest BCUT2D eigenvalue weighted by atomic mass is 19.4. The molecule has 7 heteroatoms. The van der Waals surface area contributed by atoms with Gasteiger partial charge in [0.25, 0.3) is 0 Å². The van der Waals surface area contributed by atoms with Crippen LogP contribution in [0.3, 0.4) is 0 Å². The zero-order valence-electron chi connectivity index (χ0n) is 12.0. The van der Waals surface area contributed by atoms with Crippen molar-refractivity contribution in [2.75, 3.05) is 19.8 Å². The van der Waals surface area contributed by atoms with Gasteiger partial charge in [0.05, 0.1) is 6.61 Å². The molecule has 1 aromatic rings. The summed E-state index contributed by atoms with van der Waals surface area (Å²) in [6.45, 7) is 3.69. The number of hydrogen-bond donors (Lipinski definition) is 1. The van der Waals surface area contributed by atoms with Crippen LogP contribution >= 0.6 is 0 Å². The third kappa shape index (κ3) is 6.77. The molecule has 1 unspecified atom stereocenters. The van der Waals surface area contributed by atoms with Gasteiger partial charge in [0.1, 0.15) is 6.61 Å². The minimum atomic E-state index is -4.70. The minimum absolute atomic E-state index is 0.0120. The Morgan fingerprint density at radius 1 is 1.24 bits per heavy atom. The molecule has 0 heterocycles. The Morgan fingerprint density at radius 3 is 2.52 bits per heavy atom. The minimum Gasteiger partial charge on any atom is -0.488 e. The van der Waals surface area contributed by atoms with Gasteiger partial charge in [-0.25, -0.2) is 4.39 Å². The van der Waals surface area contributed by atoms with E-state index in [4.69, 9.17) is 4.74 Å². The average Bonchev–Trinajstić information content (AvgIpc) is 2.41. The van der Waals surface area contributed by atoms with E-state index in [2.05, 4.69) is 10.1 Å². The fraction of sp³-hybridized carbons (Fsp3) is 0.571. The number of nitrogens with one attached hydrogen (secondary N) is 1. The molecular weight excluding hydrogens is 290 g/mol. The van der Waals surface area contributed by atoms with Crippen molar-refractivity contribution in [2.24, 2.45) is 0 Å². The zero-order chi connectivity index (χ0) is 15.9. The quantitative estimate of drug-likeness (QED) is 0.585. The molecule has 0 aromatic heterocycles. The van der Waals surface area contributed by atoms with Gasteiger partial charge >= 0.3 is 6.36 Å². The first kappa shape index (κ1) is 17.7. The molecule has 0 bridgehead atoms. The molecule has 120 valence electrons. The second-order valence-electron chi connectivity index (χ2n) is 4.51. The maximum absolute atomic E-state index is 13.8. The molecule has 21 heavy (non-hydrogen) atoms. The van der Waals surface area contributed by atoms with Crippen LogP contribution in [-0.2, 0) is 4.74 Å². The van der Waals surface area contributed by atoms with Crippen molar-refractivity contribution >= 4 is 0 Å². The molecule has 0 amide bonds. The summed E-state index contributed by atoms with van der Waals surface area (Å²) < 4.78 is 57.5. The van der Waals surface area contributed by atoms with Gasteiger partial charge in [-0.05, 0) is 37.6 Å². The Labute approximate surface area is 121 Å². The van der Waals surface area contributed by atoms with Crippen molar-refractivity contribution in [3.8, 4) is 5.75 Å². The molecule has 0 spiro atoms. The first-order chi connectivity index (χ1) is 9.83. The molecule has 3 nitrogen and oxygen atoms in total. The van der Waals surface area contributed by atoms with Crippen LogP contribution < -0.4 is 10.1 Å². The summed E-state index contributed by atoms with van der Waals surface area (Å²) in [6, 6.07) is 4.38. The Balaban J connectivity index is 2.50. The molecule has 0 saturated carbocycles. The summed E-state index contributed by atoms with van der Waals surface area (Å²) in [5.41, 5.74) is 0.750. The molecule has 0 saturated heterocycles. The molecule has 1 aromatic carbocycles. The van der Waals surface area contributed by atoms with Gasteiger partial charge in [-0.1, -0.05) is 13.0 Å². The summed E-state index contributed by atoms with van der Waals surface area (Å²) in [5, 5.41) is 3.21. The smallest absolute Gasteiger partial charge is 0.488 e. The van der Waals surface area contributed by atoms with Crippen molar-refractivity contribution in [3.63, 3.8) is 0 Å². The van der Waals surface area contributed by atoms with E-state index in [0.717, 1.165) is 18.5 Å². The predicted molar refractivity (Wildman–Crippen MR) is 70.6 cm³/mol. The van der Waals surface area contributed by atoms with Gasteiger partial charge < -0.3 is 10.1 Å². The van der Waals surface area contributed by atoms with Gasteiger partial charge in [0.2, 0.25) is 0 Å². The summed E-state index contributed by atoms with van der Waals surface area (Å²) in [7, 11) is 0. The number of benzene rings is 1. The fourth-order valence-electron chi connectivity index (χ4n) is 1.69. The topological polar surface area (TPSA) is 30.5 Å². The summed E-state index contributed by atoms with van der Waals surface area (Å²) >= 11 is 0. The molecule has 0 aliphatic rings. The van der Waals surface area contributed by atoms with E-state index in [-0.39, 0.29) is 18.4 Å². The largest absolute Gasteiger partial charge is 0.522 e. The van der Waals surface area contributed by atoms with Gasteiger partial charge in [-0.3, -0.25) is 4.74 Å². The van der Waals surface area contributed by atoms with Gasteiger partial charge in [0.15, 0.2) is 11.6 Å². The molecular formula is C14H19F4NO2. The van der Waals surface area contributed by atoms with E-state index in [1.165, 1.54) is 12.1 Å². The first-order valence-electron chi connectivity index (χ1n) is 6.69. The molecule has 0 fully saturated rings. The molecule has 0 radical (unpaired) electrons. The van der Waals surface area contributed by atoms with E-state index in [1.807, 2.05) is 13.8 Å². The van der Waals surface area contributed by atoms with Gasteiger partial charge in [-0.15, -0.1) is 13.2 Å². The van der Waals surface area contributed by atoms with Crippen LogP contribution in [0.4, 0.5) is 17.6 Å². The van der Waals surface area contributed by atoms with E-state index in [9.17, 15) is 17.6 Å². The van der Waals surface area contributed by atoms with Crippen molar-refractivity contribution in [1.82, 2.24) is 5.32 Å². The van der Waals surface area contributed by atoms with E-state index >= 15 is 0 Å². The second kappa shape index (κ2) is 8.19. The van der Waals surface area contributed by atoms with Gasteiger partial charge in [0, 0.05) is 6.04 Å². The highest BCUT2D eigenvalue weighted by molar-refractivity contribution is 5.30. The monoisotopic (exact) mass is 309 g/mol. The molecule has 1 N–H and O–H groups in total. The van der Waals surface area contributed by atoms with Crippen LogP contribution in [0.2, 0.25) is 0 Å². The van der Waals surface area contributed by atoms with E-state index in [0.29, 0.717) is 0 Å². The van der Waals surface area contributed by atoms with Crippen molar-refractivity contribution in [1.29, 1.82) is 0 Å². The number of rotatable bonds is 8. The molecule has 1 atom stereocenters. The maximum Gasteiger partial charge on any atom is 0.522 e. The fourth-order valence-corrected chi connectivity index (χ4v) is 1.69. The third-order valence-corrected chi connectivity index (χ3v) is 2.76. The van der Waals surface area contributed by atoms with E-state index in [1.54, 1.807) is 6.07 Å². The predicted octanol–water partition coefficient (Wildman–Crippen LogP) is 3.80. The van der Waals surface area contributed by atoms with Crippen LogP contribution in [0.15, 0.2) is 18.2 Å². The van der Waals surface area contributed by atoms with Crippen molar-refractivity contribution in [2.45, 2.75) is 32.7 Å². The standard InChI is InChI=1S/C14H19F4NO2/c1-3-6-19-10(2)11-4-5-13(12(15)9-11)20-7-8-21-14(16,17)18/h4-5,9-10,19H,3,6-8H2,1-2H3. The lowest BCUT2D eigenvalue weighted by Crippen LogP contribution is -2.19. The van der Waals surface area contributed by atoms with Crippen molar-refractivity contribution < 1.29 is 27.0 Å². The third-order valence-electron chi connectivity index (χ3n) is 2.76. The van der Waals surface area contributed by atoms with Crippen LogP contribution in [0, 0.1) is 5.82 Å². The van der Waals surface area contributed by atoms with Crippen molar-refractivity contribution in [3.05, 3.63) is 29.6 Å². The number of halogens is 4. The maximum atomic E-state index is 13.8. The summed E-state index contributed by atoms with van der Waals surface area (Å²) in [4.78, 5) is 0. The SMILES string of the molecule is CCCNC(C)c1ccc(OCCOC(F)(F)F)c(F)c1. The van der Waals surface area contributed by atoms with Crippen LogP contribution in [-0.4, -0.2) is 26.1 Å². The summed E-state index contributed by atoms with van der Waals surface area (Å²) in [6.07, 6.45) is -3.74. The lowest BCUT2D eigenvalue weighted by Gasteiger charge is -2.15. The molecule has 1 rings (SSSR count). The first-order valence-corrected chi connectivity index (χ1v) is 6.69. The lowest BCUT2D eigenvalue weighted by molar-refractivity contribution is -0.325. The highest BCUT2D eigenvalue weighted by Gasteiger charge is 2.28. The lowest BCUT2D eigenvalue weighted by atomic mass is 10.1. The second-order valence-corrected chi connectivity index (χ2v) is 4.51. The molecule has 0 aliphatic carbocycles. The van der Waals surface area contributed by atoms with Crippen LogP contribution in [0.25, 0.3) is 0 Å². The highest BCUT2D eigenvalue weighted by Crippen LogP contribution is 2.22. The Hall–Kier alpha value is -1.34. The Bertz CT molecular complexity index is 437. The normalized spacial score (nSPS) is 13.2.